The lowest BCUT2D eigenvalue weighted by Crippen LogP contribution is -2.42. The Bertz CT molecular complexity index is 926. The Morgan fingerprint density at radius 2 is 1.69 bits per heavy atom. The smallest absolute Gasteiger partial charge is 0.191 e. The minimum absolute atomic E-state index is 0. The van der Waals surface area contributed by atoms with Gasteiger partial charge in [0.15, 0.2) is 15.8 Å². The Morgan fingerprint density at radius 3 is 2.24 bits per heavy atom. The minimum atomic E-state index is -3.19. The molecule has 0 atom stereocenters. The maximum absolute atomic E-state index is 11.7. The molecule has 5 nitrogen and oxygen atoms in total. The van der Waals surface area contributed by atoms with Crippen LogP contribution in [0.15, 0.2) is 58.4 Å². The molecule has 0 unspecified atom stereocenters. The number of hydrogen-bond donors (Lipinski definition) is 2. The van der Waals surface area contributed by atoms with Crippen LogP contribution in [0, 0.1) is 12.3 Å². The SMILES string of the molecule is CN=C(NCc1ccc(S(C)(=O)=O)c(C)c1)NCC(C)(C)Cc1ccccc1.I. The highest BCUT2D eigenvalue weighted by Crippen LogP contribution is 2.20. The standard InChI is InChI=1S/C22H31N3O2S.HI/c1-17-13-19(11-12-20(17)28(5,26)27)15-24-21(23-4)25-16-22(2,3)14-18-9-7-6-8-10-18;/h6-13H,14-16H2,1-5H3,(H2,23,24,25);1H. The molecule has 0 saturated heterocycles. The van der Waals surface area contributed by atoms with Crippen LogP contribution in [0.25, 0.3) is 0 Å². The van der Waals surface area contributed by atoms with Crippen LogP contribution in [0.3, 0.4) is 0 Å². The second-order valence-electron chi connectivity index (χ2n) is 7.98. The molecule has 0 aliphatic carbocycles. The van der Waals surface area contributed by atoms with E-state index in [2.05, 4.69) is 53.7 Å². The van der Waals surface area contributed by atoms with Gasteiger partial charge < -0.3 is 10.6 Å². The molecule has 0 radical (unpaired) electrons. The summed E-state index contributed by atoms with van der Waals surface area (Å²) in [4.78, 5) is 4.67. The van der Waals surface area contributed by atoms with Crippen molar-refractivity contribution >= 4 is 39.8 Å². The molecule has 2 rings (SSSR count). The fraction of sp³-hybridized carbons (Fsp3) is 0.409. The third-order valence-corrected chi connectivity index (χ3v) is 5.84. The van der Waals surface area contributed by atoms with Crippen LogP contribution in [0.1, 0.15) is 30.5 Å². The number of aliphatic imine (C=N–C) groups is 1. The average molecular weight is 529 g/mol. The topological polar surface area (TPSA) is 70.6 Å². The summed E-state index contributed by atoms with van der Waals surface area (Å²) < 4.78 is 23.5. The molecule has 0 bridgehead atoms. The lowest BCUT2D eigenvalue weighted by atomic mass is 9.86. The number of sulfone groups is 1. The van der Waals surface area contributed by atoms with Crippen molar-refractivity contribution in [3.05, 3.63) is 65.2 Å². The highest BCUT2D eigenvalue weighted by Gasteiger charge is 2.19. The fourth-order valence-electron chi connectivity index (χ4n) is 3.18. The number of rotatable bonds is 7. The van der Waals surface area contributed by atoms with E-state index >= 15 is 0 Å². The van der Waals surface area contributed by atoms with Gasteiger partial charge in [0, 0.05) is 26.4 Å². The molecule has 0 fully saturated rings. The molecule has 0 amide bonds. The maximum Gasteiger partial charge on any atom is 0.191 e. The van der Waals surface area contributed by atoms with Crippen molar-refractivity contribution in [3.8, 4) is 0 Å². The minimum Gasteiger partial charge on any atom is -0.356 e. The van der Waals surface area contributed by atoms with Crippen molar-refractivity contribution in [2.75, 3.05) is 19.8 Å². The normalized spacial score (nSPS) is 12.2. The number of guanidine groups is 1. The molecule has 0 spiro atoms. The first kappa shape index (κ1) is 25.4. The molecule has 2 aromatic carbocycles. The van der Waals surface area contributed by atoms with Gasteiger partial charge in [-0.1, -0.05) is 56.3 Å². The van der Waals surface area contributed by atoms with E-state index in [1.54, 1.807) is 13.1 Å². The van der Waals surface area contributed by atoms with Gasteiger partial charge in [0.25, 0.3) is 0 Å². The molecule has 29 heavy (non-hydrogen) atoms. The first-order valence-electron chi connectivity index (χ1n) is 9.39. The summed E-state index contributed by atoms with van der Waals surface area (Å²) in [6, 6.07) is 15.9. The molecule has 0 aliphatic heterocycles. The van der Waals surface area contributed by atoms with Crippen molar-refractivity contribution in [1.82, 2.24) is 10.6 Å². The van der Waals surface area contributed by atoms with Crippen LogP contribution < -0.4 is 10.6 Å². The van der Waals surface area contributed by atoms with Gasteiger partial charge >= 0.3 is 0 Å². The Labute approximate surface area is 192 Å². The molecule has 160 valence electrons. The third kappa shape index (κ3) is 8.34. The van der Waals surface area contributed by atoms with Crippen molar-refractivity contribution < 1.29 is 8.42 Å². The van der Waals surface area contributed by atoms with Gasteiger partial charge in [-0.3, -0.25) is 4.99 Å². The van der Waals surface area contributed by atoms with Gasteiger partial charge in [0.2, 0.25) is 0 Å². The fourth-order valence-corrected chi connectivity index (χ4v) is 4.14. The summed E-state index contributed by atoms with van der Waals surface area (Å²) in [5.41, 5.74) is 3.16. The van der Waals surface area contributed by atoms with Gasteiger partial charge in [-0.2, -0.15) is 0 Å². The predicted octanol–water partition coefficient (Wildman–Crippen LogP) is 3.95. The summed E-state index contributed by atoms with van der Waals surface area (Å²) in [6.45, 7) is 7.64. The molecular weight excluding hydrogens is 497 g/mol. The van der Waals surface area contributed by atoms with Crippen molar-refractivity contribution in [2.24, 2.45) is 10.4 Å². The molecule has 0 heterocycles. The lowest BCUT2D eigenvalue weighted by Gasteiger charge is -2.26. The van der Waals surface area contributed by atoms with E-state index in [0.717, 1.165) is 30.1 Å². The van der Waals surface area contributed by atoms with Crippen molar-refractivity contribution in [1.29, 1.82) is 0 Å². The summed E-state index contributed by atoms with van der Waals surface area (Å²) in [7, 11) is -1.45. The second kappa shape index (κ2) is 11.0. The molecule has 0 aliphatic rings. The monoisotopic (exact) mass is 529 g/mol. The van der Waals surface area contributed by atoms with Crippen LogP contribution in [-0.2, 0) is 22.8 Å². The Morgan fingerprint density at radius 1 is 1.03 bits per heavy atom. The number of nitrogens with zero attached hydrogens (tertiary/aromatic N) is 1. The molecular formula is C22H32IN3O2S. The summed E-state index contributed by atoms with van der Waals surface area (Å²) >= 11 is 0. The van der Waals surface area contributed by atoms with Crippen LogP contribution in [0.4, 0.5) is 0 Å². The van der Waals surface area contributed by atoms with Gasteiger partial charge in [0.1, 0.15) is 0 Å². The van der Waals surface area contributed by atoms with E-state index in [9.17, 15) is 8.42 Å². The van der Waals surface area contributed by atoms with E-state index in [0.29, 0.717) is 11.4 Å². The van der Waals surface area contributed by atoms with E-state index in [1.165, 1.54) is 11.8 Å². The molecule has 2 aromatic rings. The van der Waals surface area contributed by atoms with E-state index in [1.807, 2.05) is 25.1 Å². The van der Waals surface area contributed by atoms with Gasteiger partial charge in [0.05, 0.1) is 4.90 Å². The van der Waals surface area contributed by atoms with E-state index in [4.69, 9.17) is 0 Å². The highest BCUT2D eigenvalue weighted by molar-refractivity contribution is 14.0. The quantitative estimate of drug-likeness (QED) is 0.324. The highest BCUT2D eigenvalue weighted by atomic mass is 127. The van der Waals surface area contributed by atoms with Gasteiger partial charge in [-0.05, 0) is 41.5 Å². The predicted molar refractivity (Wildman–Crippen MR) is 132 cm³/mol. The number of hydrogen-bond acceptors (Lipinski definition) is 3. The largest absolute Gasteiger partial charge is 0.356 e. The Balaban J connectivity index is 0.00000420. The van der Waals surface area contributed by atoms with Crippen LogP contribution in [-0.4, -0.2) is 34.2 Å². The number of nitrogens with one attached hydrogen (secondary N) is 2. The maximum atomic E-state index is 11.7. The van der Waals surface area contributed by atoms with Crippen LogP contribution in [0.5, 0.6) is 0 Å². The summed E-state index contributed by atoms with van der Waals surface area (Å²) in [6.07, 6.45) is 2.21. The first-order chi connectivity index (χ1) is 13.1. The zero-order valence-corrected chi connectivity index (χ0v) is 21.0. The Hall–Kier alpha value is -1.61. The zero-order valence-electron chi connectivity index (χ0n) is 17.8. The first-order valence-corrected chi connectivity index (χ1v) is 11.3. The van der Waals surface area contributed by atoms with Crippen molar-refractivity contribution in [2.45, 2.75) is 38.6 Å². The summed E-state index contributed by atoms with van der Waals surface area (Å²) in [5, 5.41) is 6.69. The second-order valence-corrected chi connectivity index (χ2v) is 9.96. The van der Waals surface area contributed by atoms with Crippen molar-refractivity contribution in [3.63, 3.8) is 0 Å². The van der Waals surface area contributed by atoms with Gasteiger partial charge in [-0.15, -0.1) is 24.0 Å². The molecule has 0 aromatic heterocycles. The number of aryl methyl sites for hydroxylation is 1. The number of halogens is 1. The van der Waals surface area contributed by atoms with E-state index < -0.39 is 9.84 Å². The Kier molecular flexibility index (Phi) is 9.61. The summed E-state index contributed by atoms with van der Waals surface area (Å²) in [5.74, 6) is 0.728. The van der Waals surface area contributed by atoms with E-state index in [-0.39, 0.29) is 29.4 Å². The third-order valence-electron chi connectivity index (χ3n) is 4.58. The van der Waals surface area contributed by atoms with Crippen LogP contribution in [0.2, 0.25) is 0 Å². The molecule has 2 N–H and O–H groups in total. The zero-order chi connectivity index (χ0) is 20.8. The van der Waals surface area contributed by atoms with Crippen LogP contribution >= 0.6 is 24.0 Å². The average Bonchev–Trinajstić information content (AvgIpc) is 2.61. The van der Waals surface area contributed by atoms with Gasteiger partial charge in [-0.25, -0.2) is 8.42 Å². The number of benzene rings is 2. The molecule has 0 saturated carbocycles. The lowest BCUT2D eigenvalue weighted by molar-refractivity contribution is 0.359. The molecule has 7 heteroatoms.